The van der Waals surface area contributed by atoms with Gasteiger partial charge in [-0.3, -0.25) is 4.79 Å². The van der Waals surface area contributed by atoms with Crippen LogP contribution in [0.3, 0.4) is 0 Å². The first kappa shape index (κ1) is 100. The zero-order chi connectivity index (χ0) is 79.5. The van der Waals surface area contributed by atoms with E-state index < -0.39 is 124 Å². The summed E-state index contributed by atoms with van der Waals surface area (Å²) < 4.78 is 34.5. The van der Waals surface area contributed by atoms with Crippen LogP contribution in [0.1, 0.15) is 316 Å². The zero-order valence-corrected chi connectivity index (χ0v) is 68.2. The van der Waals surface area contributed by atoms with Crippen molar-refractivity contribution < 1.29 is 89.4 Å². The molecule has 17 unspecified atom stereocenters. The first-order chi connectivity index (χ1) is 53.8. The molecule has 1 amide bonds. The number of amides is 1. The number of aliphatic hydroxyl groups is 11. The molecule has 0 bridgehead atoms. The molecule has 3 fully saturated rings. The van der Waals surface area contributed by atoms with Gasteiger partial charge in [-0.1, -0.05) is 334 Å². The van der Waals surface area contributed by atoms with Crippen LogP contribution in [0.2, 0.25) is 0 Å². The molecule has 19 nitrogen and oxygen atoms in total. The van der Waals surface area contributed by atoms with E-state index in [9.17, 15) is 61.0 Å². The summed E-state index contributed by atoms with van der Waals surface area (Å²) in [7, 11) is 0. The number of ether oxygens (including phenoxy) is 6. The number of carbonyl (C=O) groups is 1. The fourth-order valence-corrected chi connectivity index (χ4v) is 14.1. The first-order valence-electron chi connectivity index (χ1n) is 43.8. The number of hydrogen-bond acceptors (Lipinski definition) is 18. The Labute approximate surface area is 665 Å². The number of carbonyl (C=O) groups excluding carboxylic acids is 1. The lowest BCUT2D eigenvalue weighted by molar-refractivity contribution is -0.379. The monoisotopic (exact) mass is 1550 g/mol. The van der Waals surface area contributed by atoms with E-state index in [0.29, 0.717) is 12.8 Å². The largest absolute Gasteiger partial charge is 0.394 e. The Balaban J connectivity index is 1.35. The molecule has 110 heavy (non-hydrogen) atoms. The minimum Gasteiger partial charge on any atom is -0.394 e. The second-order valence-corrected chi connectivity index (χ2v) is 30.6. The smallest absolute Gasteiger partial charge is 0.220 e. The van der Waals surface area contributed by atoms with Crippen molar-refractivity contribution in [3.05, 3.63) is 122 Å². The fraction of sp³-hybridized carbons (Fsp3) is 0.769. The van der Waals surface area contributed by atoms with Gasteiger partial charge in [0.2, 0.25) is 5.91 Å². The third-order valence-electron chi connectivity index (χ3n) is 21.0. The molecular formula is C91H157NO18. The van der Waals surface area contributed by atoms with Gasteiger partial charge in [-0.25, -0.2) is 0 Å². The van der Waals surface area contributed by atoms with Crippen molar-refractivity contribution >= 4 is 5.91 Å². The lowest BCUT2D eigenvalue weighted by Crippen LogP contribution is -2.66. The molecule has 3 aliphatic rings. The molecule has 3 rings (SSSR count). The van der Waals surface area contributed by atoms with Crippen molar-refractivity contribution in [3.8, 4) is 0 Å². The molecule has 0 saturated carbocycles. The van der Waals surface area contributed by atoms with E-state index in [-0.39, 0.29) is 18.9 Å². The maximum atomic E-state index is 13.5. The summed E-state index contributed by atoms with van der Waals surface area (Å²) in [6.45, 7) is 1.63. The Morgan fingerprint density at radius 3 is 1.02 bits per heavy atom. The highest BCUT2D eigenvalue weighted by Crippen LogP contribution is 2.33. The molecule has 3 aliphatic heterocycles. The second kappa shape index (κ2) is 69.5. The van der Waals surface area contributed by atoms with E-state index >= 15 is 0 Å². The van der Waals surface area contributed by atoms with Gasteiger partial charge in [0, 0.05) is 6.42 Å². The highest BCUT2D eigenvalue weighted by atomic mass is 16.8. The topological polar surface area (TPSA) is 307 Å². The average Bonchev–Trinajstić information content (AvgIpc) is 0.784. The van der Waals surface area contributed by atoms with Crippen molar-refractivity contribution in [2.45, 2.75) is 420 Å². The average molecular weight is 1550 g/mol. The molecule has 19 heteroatoms. The first-order valence-corrected chi connectivity index (χ1v) is 43.8. The van der Waals surface area contributed by atoms with Gasteiger partial charge in [0.1, 0.15) is 73.2 Å². The molecule has 0 aliphatic carbocycles. The van der Waals surface area contributed by atoms with Gasteiger partial charge < -0.3 is 89.9 Å². The van der Waals surface area contributed by atoms with Gasteiger partial charge in [0.25, 0.3) is 0 Å². The lowest BCUT2D eigenvalue weighted by Gasteiger charge is -2.48. The third-order valence-corrected chi connectivity index (χ3v) is 21.0. The van der Waals surface area contributed by atoms with Crippen LogP contribution in [-0.2, 0) is 33.2 Å². The van der Waals surface area contributed by atoms with Crippen LogP contribution in [0.4, 0.5) is 0 Å². The van der Waals surface area contributed by atoms with Crippen molar-refractivity contribution in [1.82, 2.24) is 5.32 Å². The minimum atomic E-state index is -1.99. The normalized spacial score (nSPS) is 25.8. The molecule has 0 aromatic heterocycles. The standard InChI is InChI=1S/C91H157NO18/c1-3-5-7-9-11-13-15-17-19-21-23-25-27-29-31-33-34-35-36-37-38-39-40-41-43-45-47-49-51-53-55-57-59-61-63-65-67-69-79(97)92-74(75(96)68-66-64-62-60-58-56-54-52-50-48-46-44-42-32-30-28-26-24-22-20-18-16-14-12-10-8-6-4-2)73-105-89-85(103)82(100)87(77(71-94)107-89)110-91-86(104)83(101)88(78(72-95)108-91)109-90-84(102)81(99)80(98)76(70-93)106-90/h5,7,11,13,17,19,23,25,29,31,34-35,37-38,40-41,58,60,66,68,74-78,80-91,93-96,98-104H,3-4,6,8-10,12,14-16,18,20-22,24,26-28,30,32-33,36,39,42-57,59,61-65,67,69-73H2,1-2H3,(H,92,97)/b7-5-,13-11-,19-17-,25-23-,31-29-,35-34-,38-37-,41-40-,60-58+,68-66+. The quantitative estimate of drug-likeness (QED) is 0.0199. The lowest BCUT2D eigenvalue weighted by atomic mass is 9.96. The van der Waals surface area contributed by atoms with Crippen molar-refractivity contribution in [1.29, 1.82) is 0 Å². The molecule has 0 radical (unpaired) electrons. The van der Waals surface area contributed by atoms with Gasteiger partial charge in [-0.2, -0.15) is 0 Å². The highest BCUT2D eigenvalue weighted by Gasteiger charge is 2.54. The van der Waals surface area contributed by atoms with Crippen LogP contribution in [0.25, 0.3) is 0 Å². The van der Waals surface area contributed by atoms with Gasteiger partial charge in [0.15, 0.2) is 18.9 Å². The number of aliphatic hydroxyl groups excluding tert-OH is 11. The SMILES string of the molecule is CC/C=C\C/C=C\C/C=C\C/C=C\C/C=C\C/C=C\C/C=C\C/C=C\CCCCCCCCCCCCCCC(=O)NC(COC1OC(CO)C(OC2OC(CO)C(OC3OC(CO)C(O)C(O)C3O)C(O)C2O)C(O)C1O)C(O)/C=C/CC/C=C/CCCCCCCCCCCCCCCCCCCCCCCC. The van der Waals surface area contributed by atoms with E-state index in [1.807, 2.05) is 6.08 Å². The van der Waals surface area contributed by atoms with Gasteiger partial charge >= 0.3 is 0 Å². The Morgan fingerprint density at radius 1 is 0.336 bits per heavy atom. The molecule has 0 spiro atoms. The van der Waals surface area contributed by atoms with E-state index in [0.717, 1.165) is 103 Å². The summed E-state index contributed by atoms with van der Waals surface area (Å²) in [4.78, 5) is 13.5. The number of nitrogens with one attached hydrogen (secondary N) is 1. The van der Waals surface area contributed by atoms with Crippen molar-refractivity contribution in [3.63, 3.8) is 0 Å². The summed E-state index contributed by atoms with van der Waals surface area (Å²) in [6, 6.07) is -1.00. The molecular weight excluding hydrogens is 1390 g/mol. The van der Waals surface area contributed by atoms with Gasteiger partial charge in [0.05, 0.1) is 38.6 Å². The number of hydrogen-bond donors (Lipinski definition) is 12. The van der Waals surface area contributed by atoms with Crippen LogP contribution in [-0.4, -0.2) is 193 Å². The number of unbranched alkanes of at least 4 members (excludes halogenated alkanes) is 35. The summed E-state index contributed by atoms with van der Waals surface area (Å²) in [6.07, 6.45) is 71.9. The molecule has 634 valence electrons. The zero-order valence-electron chi connectivity index (χ0n) is 68.2. The summed E-state index contributed by atoms with van der Waals surface area (Å²) in [5.74, 6) is -0.289. The van der Waals surface area contributed by atoms with Crippen LogP contribution in [0.5, 0.6) is 0 Å². The molecule has 12 N–H and O–H groups in total. The highest BCUT2D eigenvalue weighted by molar-refractivity contribution is 5.76. The summed E-state index contributed by atoms with van der Waals surface area (Å²) in [5.41, 5.74) is 0. The van der Waals surface area contributed by atoms with Crippen molar-refractivity contribution in [2.75, 3.05) is 26.4 Å². The third kappa shape index (κ3) is 47.9. The summed E-state index contributed by atoms with van der Waals surface area (Å²) in [5, 5.41) is 121. The van der Waals surface area contributed by atoms with E-state index in [1.54, 1.807) is 6.08 Å². The number of allylic oxidation sites excluding steroid dienone is 19. The van der Waals surface area contributed by atoms with Gasteiger partial charge in [-0.15, -0.1) is 0 Å². The van der Waals surface area contributed by atoms with Crippen LogP contribution < -0.4 is 5.32 Å². The number of rotatable bonds is 69. The minimum absolute atomic E-state index is 0.226. The Bertz CT molecular complexity index is 2460. The molecule has 0 aromatic carbocycles. The maximum absolute atomic E-state index is 13.5. The van der Waals surface area contributed by atoms with E-state index in [4.69, 9.17) is 28.4 Å². The molecule has 17 atom stereocenters. The van der Waals surface area contributed by atoms with E-state index in [1.165, 1.54) is 180 Å². The van der Waals surface area contributed by atoms with Crippen LogP contribution >= 0.6 is 0 Å². The molecule has 0 aromatic rings. The van der Waals surface area contributed by atoms with Crippen molar-refractivity contribution in [2.24, 2.45) is 0 Å². The van der Waals surface area contributed by atoms with Crippen LogP contribution in [0.15, 0.2) is 122 Å². The van der Waals surface area contributed by atoms with E-state index in [2.05, 4.69) is 129 Å². The van der Waals surface area contributed by atoms with Crippen LogP contribution in [0, 0.1) is 0 Å². The van der Waals surface area contributed by atoms with Gasteiger partial charge in [-0.05, 0) is 96.3 Å². The fourth-order valence-electron chi connectivity index (χ4n) is 14.1. The maximum Gasteiger partial charge on any atom is 0.220 e. The Kier molecular flexibility index (Phi) is 63.4. The second-order valence-electron chi connectivity index (χ2n) is 30.6. The predicted molar refractivity (Wildman–Crippen MR) is 443 cm³/mol. The molecule has 3 saturated heterocycles. The Hall–Kier alpha value is -3.81. The Morgan fingerprint density at radius 2 is 0.636 bits per heavy atom. The molecule has 3 heterocycles. The summed E-state index contributed by atoms with van der Waals surface area (Å²) >= 11 is 0. The predicted octanol–water partition coefficient (Wildman–Crippen LogP) is 16.2.